The normalized spacial score (nSPS) is 43.4. The van der Waals surface area contributed by atoms with E-state index in [1.165, 1.54) is 0 Å². The Labute approximate surface area is 127 Å². The van der Waals surface area contributed by atoms with E-state index in [4.69, 9.17) is 27.5 Å². The maximum absolute atomic E-state index is 6.51. The van der Waals surface area contributed by atoms with Crippen molar-refractivity contribution in [2.45, 2.75) is 43.5 Å². The SMILES string of the molecule is C#C/C=C\[C@@H](Cl)[C@H]1[C@@H]2/C(=C(\Br)CC)O[C@@H]3C[C@H]1O[C@H]23. The molecule has 0 aromatic rings. The van der Waals surface area contributed by atoms with Gasteiger partial charge in [-0.1, -0.05) is 34.9 Å². The third kappa shape index (κ3) is 2.05. The molecule has 0 N–H and O–H groups in total. The molecule has 3 aliphatic rings. The average molecular weight is 344 g/mol. The van der Waals surface area contributed by atoms with Gasteiger partial charge in [-0.05, 0) is 12.5 Å². The molecule has 0 radical (unpaired) electrons. The fourth-order valence-electron chi connectivity index (χ4n) is 3.50. The number of terminal acetylenes is 1. The van der Waals surface area contributed by atoms with E-state index in [0.29, 0.717) is 0 Å². The minimum Gasteiger partial charge on any atom is -0.491 e. The predicted molar refractivity (Wildman–Crippen MR) is 79.0 cm³/mol. The van der Waals surface area contributed by atoms with E-state index >= 15 is 0 Å². The Kier molecular flexibility index (Phi) is 3.68. The number of fused-ring (bicyclic) bond motifs is 1. The van der Waals surface area contributed by atoms with Gasteiger partial charge < -0.3 is 9.47 Å². The quantitative estimate of drug-likeness (QED) is 0.576. The number of ether oxygens (including phenoxy) is 2. The van der Waals surface area contributed by atoms with Crippen LogP contribution in [-0.4, -0.2) is 23.7 Å². The first-order chi connectivity index (χ1) is 9.17. The molecule has 0 spiro atoms. The number of hydrogen-bond acceptors (Lipinski definition) is 2. The summed E-state index contributed by atoms with van der Waals surface area (Å²) in [6.07, 6.45) is 11.3. The molecular formula is C15H16BrClO2. The molecule has 3 saturated heterocycles. The number of alkyl halides is 1. The van der Waals surface area contributed by atoms with Gasteiger partial charge in [0.05, 0.1) is 17.4 Å². The summed E-state index contributed by atoms with van der Waals surface area (Å²) in [5, 5.41) is -0.106. The molecule has 0 aromatic carbocycles. The molecule has 4 heteroatoms. The van der Waals surface area contributed by atoms with E-state index in [1.54, 1.807) is 6.08 Å². The molecule has 3 heterocycles. The fourth-order valence-corrected chi connectivity index (χ4v) is 4.25. The van der Waals surface area contributed by atoms with Gasteiger partial charge in [0.15, 0.2) is 0 Å². The average Bonchev–Trinajstić information content (AvgIpc) is 3.02. The van der Waals surface area contributed by atoms with Crippen LogP contribution in [0.2, 0.25) is 0 Å². The van der Waals surface area contributed by atoms with E-state index in [1.807, 2.05) is 6.08 Å². The van der Waals surface area contributed by atoms with Crippen LogP contribution >= 0.6 is 27.5 Å². The van der Waals surface area contributed by atoms with Crippen LogP contribution in [0.4, 0.5) is 0 Å². The number of rotatable bonds is 3. The molecule has 0 amide bonds. The third-order valence-corrected chi connectivity index (χ3v) is 5.65. The Morgan fingerprint density at radius 3 is 3.11 bits per heavy atom. The maximum Gasteiger partial charge on any atom is 0.128 e. The Bertz CT molecular complexity index is 477. The van der Waals surface area contributed by atoms with Gasteiger partial charge in [-0.3, -0.25) is 0 Å². The third-order valence-electron chi connectivity index (χ3n) is 4.26. The highest BCUT2D eigenvalue weighted by Gasteiger charge is 2.63. The van der Waals surface area contributed by atoms with Crippen molar-refractivity contribution in [3.05, 3.63) is 22.4 Å². The molecule has 0 aliphatic carbocycles. The first kappa shape index (κ1) is 13.5. The van der Waals surface area contributed by atoms with Crippen LogP contribution in [0, 0.1) is 24.2 Å². The highest BCUT2D eigenvalue weighted by molar-refractivity contribution is 9.11. The highest BCUT2D eigenvalue weighted by atomic mass is 79.9. The standard InChI is InChI=1S/C15H16BrClO2/c1-3-5-6-9(17)12-10-7-11-15(18-10)13(12)14(19-11)8(16)4-2/h1,5-6,9-13,15H,4,7H2,2H3/b6-5-,14-8+/t9-,10-,11-,12-,13-,15+/m1/s1. The molecule has 19 heavy (non-hydrogen) atoms. The Hall–Kier alpha value is -0.430. The van der Waals surface area contributed by atoms with E-state index in [-0.39, 0.29) is 35.5 Å². The van der Waals surface area contributed by atoms with Gasteiger partial charge in [-0.2, -0.15) is 0 Å². The lowest BCUT2D eigenvalue weighted by molar-refractivity contribution is 0.0690. The maximum atomic E-state index is 6.51. The zero-order valence-corrected chi connectivity index (χ0v) is 13.0. The molecule has 0 saturated carbocycles. The topological polar surface area (TPSA) is 18.5 Å². The smallest absolute Gasteiger partial charge is 0.128 e. The van der Waals surface area contributed by atoms with E-state index in [9.17, 15) is 0 Å². The summed E-state index contributed by atoms with van der Waals surface area (Å²) in [5.74, 6) is 4.06. The van der Waals surface area contributed by atoms with Crippen molar-refractivity contribution in [3.63, 3.8) is 0 Å². The van der Waals surface area contributed by atoms with Crippen molar-refractivity contribution >= 4 is 27.5 Å². The Morgan fingerprint density at radius 2 is 2.42 bits per heavy atom. The first-order valence-corrected chi connectivity index (χ1v) is 7.87. The van der Waals surface area contributed by atoms with Gasteiger partial charge in [-0.15, -0.1) is 18.0 Å². The van der Waals surface area contributed by atoms with Gasteiger partial charge in [0.1, 0.15) is 18.0 Å². The summed E-state index contributed by atoms with van der Waals surface area (Å²) in [6.45, 7) is 2.11. The molecule has 2 nitrogen and oxygen atoms in total. The molecule has 3 aliphatic heterocycles. The summed E-state index contributed by atoms with van der Waals surface area (Å²) >= 11 is 10.1. The van der Waals surface area contributed by atoms with Gasteiger partial charge in [0.25, 0.3) is 0 Å². The van der Waals surface area contributed by atoms with Crippen LogP contribution in [0.15, 0.2) is 22.4 Å². The van der Waals surface area contributed by atoms with Gasteiger partial charge in [0.2, 0.25) is 0 Å². The second kappa shape index (κ2) is 5.16. The lowest BCUT2D eigenvalue weighted by atomic mass is 9.77. The van der Waals surface area contributed by atoms with E-state index < -0.39 is 0 Å². The molecular weight excluding hydrogens is 328 g/mol. The second-order valence-electron chi connectivity index (χ2n) is 5.23. The zero-order chi connectivity index (χ0) is 13.6. The molecule has 0 unspecified atom stereocenters. The molecule has 0 aromatic heterocycles. The molecule has 3 rings (SSSR count). The highest BCUT2D eigenvalue weighted by Crippen LogP contribution is 2.56. The second-order valence-corrected chi connectivity index (χ2v) is 6.69. The largest absolute Gasteiger partial charge is 0.491 e. The summed E-state index contributed by atoms with van der Waals surface area (Å²) in [7, 11) is 0. The van der Waals surface area contributed by atoms with Crippen molar-refractivity contribution < 1.29 is 9.47 Å². The van der Waals surface area contributed by atoms with Crippen LogP contribution in [0.25, 0.3) is 0 Å². The molecule has 2 bridgehead atoms. The lowest BCUT2D eigenvalue weighted by Gasteiger charge is -2.25. The Balaban J connectivity index is 1.91. The van der Waals surface area contributed by atoms with Gasteiger partial charge in [0, 0.05) is 16.8 Å². The van der Waals surface area contributed by atoms with Crippen LogP contribution in [0.5, 0.6) is 0 Å². The van der Waals surface area contributed by atoms with Crippen LogP contribution < -0.4 is 0 Å². The summed E-state index contributed by atoms with van der Waals surface area (Å²) in [6, 6.07) is 0. The van der Waals surface area contributed by atoms with Crippen LogP contribution in [0.1, 0.15) is 19.8 Å². The van der Waals surface area contributed by atoms with E-state index in [0.717, 1.165) is 23.1 Å². The Morgan fingerprint density at radius 1 is 1.63 bits per heavy atom. The molecule has 3 fully saturated rings. The van der Waals surface area contributed by atoms with E-state index in [2.05, 4.69) is 28.8 Å². The minimum atomic E-state index is -0.106. The van der Waals surface area contributed by atoms with Crippen molar-refractivity contribution in [3.8, 4) is 12.3 Å². The van der Waals surface area contributed by atoms with Crippen LogP contribution in [0.3, 0.4) is 0 Å². The van der Waals surface area contributed by atoms with Crippen molar-refractivity contribution in [1.29, 1.82) is 0 Å². The zero-order valence-electron chi connectivity index (χ0n) is 10.7. The summed E-state index contributed by atoms with van der Waals surface area (Å²) in [5.41, 5.74) is 0. The van der Waals surface area contributed by atoms with Crippen LogP contribution in [-0.2, 0) is 9.47 Å². The number of hydrogen-bond donors (Lipinski definition) is 0. The monoisotopic (exact) mass is 342 g/mol. The first-order valence-electron chi connectivity index (χ1n) is 6.64. The molecule has 102 valence electrons. The van der Waals surface area contributed by atoms with Crippen molar-refractivity contribution in [2.75, 3.05) is 0 Å². The predicted octanol–water partition coefficient (Wildman–Crippen LogP) is 3.60. The van der Waals surface area contributed by atoms with Crippen molar-refractivity contribution in [2.24, 2.45) is 11.8 Å². The van der Waals surface area contributed by atoms with Gasteiger partial charge in [-0.25, -0.2) is 0 Å². The number of allylic oxidation sites excluding steroid dienone is 3. The number of halogens is 2. The summed E-state index contributed by atoms with van der Waals surface area (Å²) in [4.78, 5) is 0. The fraction of sp³-hybridized carbons (Fsp3) is 0.600. The lowest BCUT2D eigenvalue weighted by Crippen LogP contribution is -2.34. The minimum absolute atomic E-state index is 0.106. The summed E-state index contributed by atoms with van der Waals surface area (Å²) < 4.78 is 13.2. The van der Waals surface area contributed by atoms with Gasteiger partial charge >= 0.3 is 0 Å². The van der Waals surface area contributed by atoms with Crippen molar-refractivity contribution in [1.82, 2.24) is 0 Å². The molecule has 6 atom stereocenters.